The lowest BCUT2D eigenvalue weighted by Crippen LogP contribution is -2.14. The second-order valence-electron chi connectivity index (χ2n) is 6.18. The number of nitrogens with one attached hydrogen (secondary N) is 2. The van der Waals surface area contributed by atoms with Crippen LogP contribution in [0.15, 0.2) is 60.7 Å². The first-order chi connectivity index (χ1) is 14.4. The molecule has 0 saturated carbocycles. The van der Waals surface area contributed by atoms with Crippen molar-refractivity contribution < 1.29 is 19.1 Å². The molecule has 8 heteroatoms. The summed E-state index contributed by atoms with van der Waals surface area (Å²) >= 11 is 12.6. The molecule has 0 unspecified atom stereocenters. The van der Waals surface area contributed by atoms with E-state index in [4.69, 9.17) is 32.7 Å². The summed E-state index contributed by atoms with van der Waals surface area (Å²) in [5, 5.41) is 5.87. The third kappa shape index (κ3) is 5.03. The van der Waals surface area contributed by atoms with Crippen molar-refractivity contribution in [1.82, 2.24) is 0 Å². The van der Waals surface area contributed by atoms with Gasteiger partial charge in [0.15, 0.2) is 0 Å². The summed E-state index contributed by atoms with van der Waals surface area (Å²) in [4.78, 5) is 24.9. The maximum atomic E-state index is 12.4. The van der Waals surface area contributed by atoms with E-state index in [2.05, 4.69) is 10.6 Å². The SMILES string of the molecule is COc1ccc(C(=O)Nc2cc(Cl)c(NC(=O)c3ccc(OC)cc3)cc2Cl)cc1. The summed E-state index contributed by atoms with van der Waals surface area (Å²) < 4.78 is 10.2. The lowest BCUT2D eigenvalue weighted by Gasteiger charge is -2.13. The van der Waals surface area contributed by atoms with Crippen molar-refractivity contribution in [2.45, 2.75) is 0 Å². The number of carbonyl (C=O) groups excluding carboxylic acids is 2. The van der Waals surface area contributed by atoms with Crippen LogP contribution in [0.25, 0.3) is 0 Å². The lowest BCUT2D eigenvalue weighted by atomic mass is 10.2. The van der Waals surface area contributed by atoms with Gasteiger partial charge in [0.2, 0.25) is 0 Å². The number of carbonyl (C=O) groups is 2. The normalized spacial score (nSPS) is 10.3. The summed E-state index contributed by atoms with van der Waals surface area (Å²) in [6.45, 7) is 0. The van der Waals surface area contributed by atoms with E-state index in [-0.39, 0.29) is 21.9 Å². The van der Waals surface area contributed by atoms with E-state index in [9.17, 15) is 9.59 Å². The van der Waals surface area contributed by atoms with Gasteiger partial charge >= 0.3 is 0 Å². The van der Waals surface area contributed by atoms with Crippen molar-refractivity contribution in [3.05, 3.63) is 81.8 Å². The van der Waals surface area contributed by atoms with E-state index in [1.165, 1.54) is 12.1 Å². The van der Waals surface area contributed by atoms with Crippen LogP contribution in [0.5, 0.6) is 11.5 Å². The fourth-order valence-corrected chi connectivity index (χ4v) is 3.03. The number of benzene rings is 3. The zero-order valence-corrected chi connectivity index (χ0v) is 17.7. The molecule has 0 heterocycles. The topological polar surface area (TPSA) is 76.7 Å². The third-order valence-electron chi connectivity index (χ3n) is 4.26. The first kappa shape index (κ1) is 21.5. The van der Waals surface area contributed by atoms with Crippen molar-refractivity contribution in [2.75, 3.05) is 24.9 Å². The highest BCUT2D eigenvalue weighted by Gasteiger charge is 2.14. The Kier molecular flexibility index (Phi) is 6.82. The van der Waals surface area contributed by atoms with Gasteiger partial charge in [-0.3, -0.25) is 9.59 Å². The van der Waals surface area contributed by atoms with Crippen molar-refractivity contribution in [3.63, 3.8) is 0 Å². The predicted molar refractivity (Wildman–Crippen MR) is 118 cm³/mol. The Balaban J connectivity index is 1.73. The Hall–Kier alpha value is -3.22. The Morgan fingerprint density at radius 3 is 1.30 bits per heavy atom. The van der Waals surface area contributed by atoms with Crippen LogP contribution in [-0.4, -0.2) is 26.0 Å². The molecule has 0 radical (unpaired) electrons. The summed E-state index contributed by atoms with van der Waals surface area (Å²) in [5.74, 6) is 0.574. The molecule has 0 aliphatic carbocycles. The molecular weight excluding hydrogens is 427 g/mol. The van der Waals surface area contributed by atoms with Gasteiger partial charge in [0, 0.05) is 11.1 Å². The first-order valence-electron chi connectivity index (χ1n) is 8.81. The molecule has 154 valence electrons. The van der Waals surface area contributed by atoms with Gasteiger partial charge in [-0.05, 0) is 60.7 Å². The van der Waals surface area contributed by atoms with Crippen LogP contribution in [0, 0.1) is 0 Å². The van der Waals surface area contributed by atoms with Gasteiger partial charge in [-0.1, -0.05) is 23.2 Å². The van der Waals surface area contributed by atoms with Gasteiger partial charge < -0.3 is 20.1 Å². The molecule has 30 heavy (non-hydrogen) atoms. The molecule has 0 bridgehead atoms. The lowest BCUT2D eigenvalue weighted by molar-refractivity contribution is 0.101. The fraction of sp³-hybridized carbons (Fsp3) is 0.0909. The minimum atomic E-state index is -0.356. The number of hydrogen-bond donors (Lipinski definition) is 2. The van der Waals surface area contributed by atoms with Crippen molar-refractivity contribution in [3.8, 4) is 11.5 Å². The smallest absolute Gasteiger partial charge is 0.255 e. The van der Waals surface area contributed by atoms with E-state index >= 15 is 0 Å². The van der Waals surface area contributed by atoms with Crippen LogP contribution in [0.3, 0.4) is 0 Å². The number of ether oxygens (including phenoxy) is 2. The molecule has 3 rings (SSSR count). The Morgan fingerprint density at radius 1 is 0.667 bits per heavy atom. The second kappa shape index (κ2) is 9.52. The van der Waals surface area contributed by atoms with E-state index in [1.807, 2.05) is 0 Å². The molecule has 3 aromatic rings. The van der Waals surface area contributed by atoms with Crippen LogP contribution < -0.4 is 20.1 Å². The fourth-order valence-electron chi connectivity index (χ4n) is 2.61. The predicted octanol–water partition coefficient (Wildman–Crippen LogP) is 5.52. The standard InChI is InChI=1S/C22H18Cl2N2O4/c1-29-15-7-3-13(4-8-15)21(27)25-19-11-18(24)20(12-17(19)23)26-22(28)14-5-9-16(30-2)10-6-14/h3-12H,1-2H3,(H,25,27)(H,26,28). The Labute approximate surface area is 183 Å². The zero-order valence-electron chi connectivity index (χ0n) is 16.2. The van der Waals surface area contributed by atoms with Gasteiger partial charge in [0.1, 0.15) is 11.5 Å². The molecule has 0 atom stereocenters. The van der Waals surface area contributed by atoms with Crippen LogP contribution in [-0.2, 0) is 0 Å². The highest BCUT2D eigenvalue weighted by molar-refractivity contribution is 6.38. The summed E-state index contributed by atoms with van der Waals surface area (Å²) in [7, 11) is 3.09. The van der Waals surface area contributed by atoms with Gasteiger partial charge in [-0.15, -0.1) is 0 Å². The van der Waals surface area contributed by atoms with Crippen LogP contribution in [0.2, 0.25) is 10.0 Å². The average Bonchev–Trinajstić information content (AvgIpc) is 2.77. The first-order valence-corrected chi connectivity index (χ1v) is 9.56. The number of hydrogen-bond acceptors (Lipinski definition) is 4. The Bertz CT molecular complexity index is 980. The molecule has 2 amide bonds. The van der Waals surface area contributed by atoms with E-state index in [0.717, 1.165) is 0 Å². The third-order valence-corrected chi connectivity index (χ3v) is 4.88. The van der Waals surface area contributed by atoms with Crippen molar-refractivity contribution in [2.24, 2.45) is 0 Å². The highest BCUT2D eigenvalue weighted by Crippen LogP contribution is 2.33. The van der Waals surface area contributed by atoms with E-state index in [1.54, 1.807) is 62.8 Å². The van der Waals surface area contributed by atoms with E-state index in [0.29, 0.717) is 34.0 Å². The maximum absolute atomic E-state index is 12.4. The molecule has 0 spiro atoms. The van der Waals surface area contributed by atoms with Crippen LogP contribution in [0.4, 0.5) is 11.4 Å². The molecule has 2 N–H and O–H groups in total. The minimum Gasteiger partial charge on any atom is -0.497 e. The molecule has 0 aromatic heterocycles. The number of halogens is 2. The summed E-state index contributed by atoms with van der Waals surface area (Å²) in [6.07, 6.45) is 0. The number of anilines is 2. The Morgan fingerprint density at radius 2 is 1.00 bits per heavy atom. The monoisotopic (exact) mass is 444 g/mol. The number of rotatable bonds is 6. The van der Waals surface area contributed by atoms with E-state index < -0.39 is 0 Å². The second-order valence-corrected chi connectivity index (χ2v) is 6.99. The molecule has 6 nitrogen and oxygen atoms in total. The van der Waals surface area contributed by atoms with Crippen molar-refractivity contribution in [1.29, 1.82) is 0 Å². The van der Waals surface area contributed by atoms with Crippen LogP contribution in [0.1, 0.15) is 20.7 Å². The van der Waals surface area contributed by atoms with Gasteiger partial charge in [0.25, 0.3) is 11.8 Å². The van der Waals surface area contributed by atoms with Gasteiger partial charge in [0.05, 0.1) is 35.6 Å². The molecule has 0 aliphatic heterocycles. The zero-order chi connectivity index (χ0) is 21.7. The summed E-state index contributed by atoms with van der Waals surface area (Å²) in [6, 6.07) is 16.2. The summed E-state index contributed by atoms with van der Waals surface area (Å²) in [5.41, 5.74) is 1.51. The van der Waals surface area contributed by atoms with Gasteiger partial charge in [-0.25, -0.2) is 0 Å². The quantitative estimate of drug-likeness (QED) is 0.524. The van der Waals surface area contributed by atoms with Crippen molar-refractivity contribution >= 4 is 46.4 Å². The average molecular weight is 445 g/mol. The molecule has 0 saturated heterocycles. The molecular formula is C22H18Cl2N2O4. The molecule has 0 aliphatic rings. The molecule has 3 aromatic carbocycles. The maximum Gasteiger partial charge on any atom is 0.255 e. The van der Waals surface area contributed by atoms with Crippen LogP contribution >= 0.6 is 23.2 Å². The molecule has 0 fully saturated rings. The highest BCUT2D eigenvalue weighted by atomic mass is 35.5. The largest absolute Gasteiger partial charge is 0.497 e. The number of amides is 2. The minimum absolute atomic E-state index is 0.228. The number of methoxy groups -OCH3 is 2. The van der Waals surface area contributed by atoms with Gasteiger partial charge in [-0.2, -0.15) is 0 Å².